The van der Waals surface area contributed by atoms with Crippen molar-refractivity contribution < 1.29 is 13.9 Å². The lowest BCUT2D eigenvalue weighted by Gasteiger charge is -2.39. The fraction of sp³-hybridized carbons (Fsp3) is 0.429. The fourth-order valence-electron chi connectivity index (χ4n) is 5.74. The summed E-state index contributed by atoms with van der Waals surface area (Å²) in [6, 6.07) is 10.5. The van der Waals surface area contributed by atoms with E-state index < -0.39 is 0 Å². The molecule has 0 aliphatic carbocycles. The maximum absolute atomic E-state index is 6.58. The van der Waals surface area contributed by atoms with E-state index >= 15 is 0 Å². The Labute approximate surface area is 196 Å². The molecule has 174 valence electrons. The SMILES string of the molecule is COc1ccc(N2CCN(c3c(C)c(C)c4c(c3C)C(c3ccoc3)C(C)(C)O4)CC2)cc1. The third kappa shape index (κ3) is 3.54. The molecule has 0 bridgehead atoms. The number of anilines is 2. The molecular weight excluding hydrogens is 412 g/mol. The van der Waals surface area contributed by atoms with E-state index in [4.69, 9.17) is 13.9 Å². The van der Waals surface area contributed by atoms with E-state index in [1.165, 1.54) is 39.2 Å². The third-order valence-corrected chi connectivity index (χ3v) is 7.52. The van der Waals surface area contributed by atoms with Gasteiger partial charge in [-0.05, 0) is 81.6 Å². The predicted octanol–water partition coefficient (Wildman–Crippen LogP) is 5.84. The maximum atomic E-state index is 6.58. The van der Waals surface area contributed by atoms with Crippen LogP contribution in [0.25, 0.3) is 0 Å². The van der Waals surface area contributed by atoms with Crippen LogP contribution in [0.2, 0.25) is 0 Å². The Morgan fingerprint density at radius 3 is 2.15 bits per heavy atom. The van der Waals surface area contributed by atoms with Gasteiger partial charge in [-0.3, -0.25) is 0 Å². The number of methoxy groups -OCH3 is 1. The molecule has 0 saturated carbocycles. The molecular formula is C28H34N2O3. The molecule has 1 fully saturated rings. The molecule has 0 amide bonds. The first-order valence-electron chi connectivity index (χ1n) is 11.8. The Kier molecular flexibility index (Phi) is 5.31. The average Bonchev–Trinajstić information content (AvgIpc) is 3.43. The molecule has 2 aromatic carbocycles. The van der Waals surface area contributed by atoms with Crippen LogP contribution in [0.15, 0.2) is 47.3 Å². The van der Waals surface area contributed by atoms with Gasteiger partial charge in [0.1, 0.15) is 17.1 Å². The Hall–Kier alpha value is -3.08. The van der Waals surface area contributed by atoms with Crippen molar-refractivity contribution in [1.82, 2.24) is 0 Å². The van der Waals surface area contributed by atoms with Gasteiger partial charge in [-0.25, -0.2) is 0 Å². The zero-order chi connectivity index (χ0) is 23.3. The number of hydrogen-bond acceptors (Lipinski definition) is 5. The van der Waals surface area contributed by atoms with Crippen molar-refractivity contribution in [3.05, 3.63) is 70.7 Å². The molecule has 1 unspecified atom stereocenters. The van der Waals surface area contributed by atoms with Crippen LogP contribution in [-0.4, -0.2) is 38.9 Å². The van der Waals surface area contributed by atoms with Crippen LogP contribution in [-0.2, 0) is 0 Å². The normalized spacial score (nSPS) is 19.4. The second kappa shape index (κ2) is 8.05. The first-order chi connectivity index (χ1) is 15.8. The number of ether oxygens (including phenoxy) is 2. The van der Waals surface area contributed by atoms with Gasteiger partial charge in [-0.15, -0.1) is 0 Å². The Balaban J connectivity index is 1.47. The minimum atomic E-state index is -0.320. The van der Waals surface area contributed by atoms with E-state index in [9.17, 15) is 0 Å². The molecule has 1 aromatic heterocycles. The highest BCUT2D eigenvalue weighted by atomic mass is 16.5. The van der Waals surface area contributed by atoms with Gasteiger partial charge in [0.25, 0.3) is 0 Å². The maximum Gasteiger partial charge on any atom is 0.127 e. The smallest absolute Gasteiger partial charge is 0.127 e. The van der Waals surface area contributed by atoms with Crippen LogP contribution >= 0.6 is 0 Å². The lowest BCUT2D eigenvalue weighted by atomic mass is 9.79. The summed E-state index contributed by atoms with van der Waals surface area (Å²) in [5.74, 6) is 2.11. The van der Waals surface area contributed by atoms with Crippen molar-refractivity contribution in [2.75, 3.05) is 43.1 Å². The van der Waals surface area contributed by atoms with Crippen LogP contribution in [0.1, 0.15) is 47.6 Å². The first-order valence-corrected chi connectivity index (χ1v) is 11.8. The van der Waals surface area contributed by atoms with Gasteiger partial charge in [-0.2, -0.15) is 0 Å². The van der Waals surface area contributed by atoms with Crippen molar-refractivity contribution in [2.24, 2.45) is 0 Å². The number of fused-ring (bicyclic) bond motifs is 1. The number of benzene rings is 2. The van der Waals surface area contributed by atoms with Gasteiger partial charge in [0.15, 0.2) is 0 Å². The molecule has 2 aliphatic rings. The highest BCUT2D eigenvalue weighted by Crippen LogP contribution is 2.54. The van der Waals surface area contributed by atoms with Crippen LogP contribution in [0.5, 0.6) is 11.5 Å². The number of furan rings is 1. The van der Waals surface area contributed by atoms with Gasteiger partial charge in [-0.1, -0.05) is 0 Å². The Morgan fingerprint density at radius 2 is 1.55 bits per heavy atom. The lowest BCUT2D eigenvalue weighted by molar-refractivity contribution is 0.121. The molecule has 0 N–H and O–H groups in total. The predicted molar refractivity (Wildman–Crippen MR) is 133 cm³/mol. The van der Waals surface area contributed by atoms with Crippen LogP contribution < -0.4 is 19.3 Å². The van der Waals surface area contributed by atoms with Crippen LogP contribution in [0.3, 0.4) is 0 Å². The highest BCUT2D eigenvalue weighted by Gasteiger charge is 2.45. The summed E-state index contributed by atoms with van der Waals surface area (Å²) in [4.78, 5) is 5.02. The molecule has 3 aromatic rings. The van der Waals surface area contributed by atoms with Gasteiger partial charge < -0.3 is 23.7 Å². The molecule has 0 spiro atoms. The minimum absolute atomic E-state index is 0.157. The molecule has 1 saturated heterocycles. The summed E-state index contributed by atoms with van der Waals surface area (Å²) >= 11 is 0. The van der Waals surface area contributed by atoms with Crippen molar-refractivity contribution in [3.8, 4) is 11.5 Å². The fourth-order valence-corrected chi connectivity index (χ4v) is 5.74. The molecule has 0 radical (unpaired) electrons. The minimum Gasteiger partial charge on any atom is -0.497 e. The topological polar surface area (TPSA) is 38.1 Å². The summed E-state index contributed by atoms with van der Waals surface area (Å²) in [6.45, 7) is 15.1. The largest absolute Gasteiger partial charge is 0.497 e. The monoisotopic (exact) mass is 446 g/mol. The van der Waals surface area contributed by atoms with Gasteiger partial charge >= 0.3 is 0 Å². The quantitative estimate of drug-likeness (QED) is 0.503. The van der Waals surface area contributed by atoms with E-state index in [-0.39, 0.29) is 11.5 Å². The number of rotatable bonds is 4. The van der Waals surface area contributed by atoms with Crippen LogP contribution in [0, 0.1) is 20.8 Å². The van der Waals surface area contributed by atoms with Gasteiger partial charge in [0.2, 0.25) is 0 Å². The van der Waals surface area contributed by atoms with Crippen molar-refractivity contribution >= 4 is 11.4 Å². The second-order valence-corrected chi connectivity index (χ2v) is 9.83. The van der Waals surface area contributed by atoms with Gasteiger partial charge in [0.05, 0.1) is 25.6 Å². The molecule has 2 aliphatic heterocycles. The summed E-state index contributed by atoms with van der Waals surface area (Å²) in [5, 5.41) is 0. The third-order valence-electron chi connectivity index (χ3n) is 7.52. The Bertz CT molecular complexity index is 1140. The zero-order valence-electron chi connectivity index (χ0n) is 20.6. The van der Waals surface area contributed by atoms with Gasteiger partial charge in [0, 0.05) is 48.7 Å². The molecule has 3 heterocycles. The standard InChI is InChI=1S/C28H34N2O3/c1-18-19(2)27-24(25(28(4,5)33-27)21-11-16-32-17-21)20(3)26(18)30-14-12-29(13-15-30)22-7-9-23(31-6)10-8-22/h7-11,16-17,25H,12-15H2,1-6H3. The highest BCUT2D eigenvalue weighted by molar-refractivity contribution is 5.72. The molecule has 1 atom stereocenters. The average molecular weight is 447 g/mol. The van der Waals surface area contributed by atoms with E-state index in [2.05, 4.69) is 62.6 Å². The van der Waals surface area contributed by atoms with E-state index in [0.717, 1.165) is 37.7 Å². The summed E-state index contributed by atoms with van der Waals surface area (Å²) in [6.07, 6.45) is 3.63. The van der Waals surface area contributed by atoms with Crippen LogP contribution in [0.4, 0.5) is 11.4 Å². The van der Waals surface area contributed by atoms with Crippen molar-refractivity contribution in [1.29, 1.82) is 0 Å². The van der Waals surface area contributed by atoms with Crippen molar-refractivity contribution in [3.63, 3.8) is 0 Å². The molecule has 5 nitrogen and oxygen atoms in total. The second-order valence-electron chi connectivity index (χ2n) is 9.83. The summed E-state index contributed by atoms with van der Waals surface area (Å²) < 4.78 is 17.4. The lowest BCUT2D eigenvalue weighted by Crippen LogP contribution is -2.47. The molecule has 5 rings (SSSR count). The number of nitrogens with zero attached hydrogens (tertiary/aromatic N) is 2. The van der Waals surface area contributed by atoms with E-state index in [1.807, 2.05) is 18.4 Å². The first kappa shape index (κ1) is 21.7. The number of piperazine rings is 1. The summed E-state index contributed by atoms with van der Waals surface area (Å²) in [5.41, 5.74) is 8.72. The van der Waals surface area contributed by atoms with E-state index in [0.29, 0.717) is 0 Å². The molecule has 33 heavy (non-hydrogen) atoms. The Morgan fingerprint density at radius 1 is 0.879 bits per heavy atom. The summed E-state index contributed by atoms with van der Waals surface area (Å²) in [7, 11) is 1.71. The van der Waals surface area contributed by atoms with Crippen molar-refractivity contribution in [2.45, 2.75) is 46.1 Å². The zero-order valence-corrected chi connectivity index (χ0v) is 20.6. The molecule has 5 heteroatoms. The number of hydrogen-bond donors (Lipinski definition) is 0. The van der Waals surface area contributed by atoms with E-state index in [1.54, 1.807) is 13.4 Å².